The number of rotatable bonds is 6. The summed E-state index contributed by atoms with van der Waals surface area (Å²) in [5.74, 6) is 0. The van der Waals surface area contributed by atoms with E-state index in [-0.39, 0.29) is 16.7 Å². The van der Waals surface area contributed by atoms with Crippen molar-refractivity contribution in [3.05, 3.63) is 74.2 Å². The van der Waals surface area contributed by atoms with Crippen molar-refractivity contribution in [2.24, 2.45) is 0 Å². The summed E-state index contributed by atoms with van der Waals surface area (Å²) in [6.45, 7) is 2.95. The lowest BCUT2D eigenvalue weighted by Gasteiger charge is -2.14. The summed E-state index contributed by atoms with van der Waals surface area (Å²) < 4.78 is 1.07. The first kappa shape index (κ1) is 15.7. The molecule has 0 aliphatic carbocycles. The molecule has 4 nitrogen and oxygen atoms in total. The second-order valence-corrected chi connectivity index (χ2v) is 5.82. The Bertz CT molecular complexity index is 614. The summed E-state index contributed by atoms with van der Waals surface area (Å²) in [6.07, 6.45) is 0.844. The maximum absolute atomic E-state index is 10.6. The monoisotopic (exact) mass is 348 g/mol. The number of halogens is 1. The highest BCUT2D eigenvalue weighted by atomic mass is 79.9. The molecule has 0 amide bonds. The van der Waals surface area contributed by atoms with Crippen LogP contribution in [0.1, 0.15) is 24.1 Å². The summed E-state index contributed by atoms with van der Waals surface area (Å²) in [5.41, 5.74) is 2.46. The van der Waals surface area contributed by atoms with Gasteiger partial charge in [0.15, 0.2) is 0 Å². The Morgan fingerprint density at radius 3 is 2.57 bits per heavy atom. The third kappa shape index (κ3) is 4.65. The minimum absolute atomic E-state index is 0.134. The van der Waals surface area contributed by atoms with Gasteiger partial charge in [0.1, 0.15) is 0 Å². The molecule has 21 heavy (non-hydrogen) atoms. The number of nitrogens with one attached hydrogen (secondary N) is 1. The van der Waals surface area contributed by atoms with Gasteiger partial charge in [-0.15, -0.1) is 0 Å². The lowest BCUT2D eigenvalue weighted by Crippen LogP contribution is -2.21. The highest BCUT2D eigenvalue weighted by Crippen LogP contribution is 2.18. The number of nitro groups is 1. The lowest BCUT2D eigenvalue weighted by molar-refractivity contribution is -0.384. The number of hydrogen-bond acceptors (Lipinski definition) is 3. The zero-order valence-electron chi connectivity index (χ0n) is 11.8. The lowest BCUT2D eigenvalue weighted by atomic mass is 10.1. The smallest absolute Gasteiger partial charge is 0.269 e. The number of benzene rings is 2. The van der Waals surface area contributed by atoms with Crippen LogP contribution in [-0.2, 0) is 6.42 Å². The first-order chi connectivity index (χ1) is 10.1. The van der Waals surface area contributed by atoms with Gasteiger partial charge >= 0.3 is 0 Å². The molecule has 1 atom stereocenters. The van der Waals surface area contributed by atoms with Gasteiger partial charge in [0.25, 0.3) is 5.69 Å². The van der Waals surface area contributed by atoms with Crippen molar-refractivity contribution in [3.8, 4) is 0 Å². The van der Waals surface area contributed by atoms with Crippen LogP contribution in [-0.4, -0.2) is 11.5 Å². The SMILES string of the molecule is C[C@@H](NCCc1ccc([N+](=O)[O-])cc1)c1cccc(Br)c1. The van der Waals surface area contributed by atoms with Crippen molar-refractivity contribution < 1.29 is 4.92 Å². The fourth-order valence-electron chi connectivity index (χ4n) is 2.11. The van der Waals surface area contributed by atoms with Crippen molar-refractivity contribution in [2.75, 3.05) is 6.54 Å². The van der Waals surface area contributed by atoms with E-state index in [1.807, 2.05) is 24.3 Å². The Balaban J connectivity index is 1.85. The van der Waals surface area contributed by atoms with Gasteiger partial charge in [-0.25, -0.2) is 0 Å². The molecule has 0 saturated carbocycles. The van der Waals surface area contributed by atoms with Crippen molar-refractivity contribution in [1.29, 1.82) is 0 Å². The molecule has 2 aromatic rings. The summed E-state index contributed by atoms with van der Waals surface area (Å²) >= 11 is 3.47. The third-order valence-corrected chi connectivity index (χ3v) is 3.85. The average Bonchev–Trinajstić information content (AvgIpc) is 2.47. The topological polar surface area (TPSA) is 55.2 Å². The van der Waals surface area contributed by atoms with E-state index in [9.17, 15) is 10.1 Å². The molecule has 5 heteroatoms. The van der Waals surface area contributed by atoms with E-state index in [4.69, 9.17) is 0 Å². The molecule has 0 spiro atoms. The molecule has 1 N–H and O–H groups in total. The first-order valence-corrected chi connectivity index (χ1v) is 7.58. The molecule has 0 aliphatic rings. The van der Waals surface area contributed by atoms with E-state index in [0.29, 0.717) is 0 Å². The van der Waals surface area contributed by atoms with Gasteiger partial charge in [0.05, 0.1) is 4.92 Å². The highest BCUT2D eigenvalue weighted by Gasteiger charge is 2.06. The molecule has 0 unspecified atom stereocenters. The number of hydrogen-bond donors (Lipinski definition) is 1. The van der Waals surface area contributed by atoms with Gasteiger partial charge < -0.3 is 5.32 Å². The molecule has 0 radical (unpaired) electrons. The van der Waals surface area contributed by atoms with Gasteiger partial charge in [-0.05, 0) is 43.1 Å². The molecule has 0 fully saturated rings. The van der Waals surface area contributed by atoms with Gasteiger partial charge in [-0.3, -0.25) is 10.1 Å². The van der Waals surface area contributed by atoms with E-state index in [1.165, 1.54) is 5.56 Å². The molecular formula is C16H17BrN2O2. The standard InChI is InChI=1S/C16H17BrN2O2/c1-12(14-3-2-4-15(17)11-14)18-10-9-13-5-7-16(8-6-13)19(20)21/h2-8,11-12,18H,9-10H2,1H3/t12-/m1/s1. The van der Waals surface area contributed by atoms with Crippen LogP contribution in [0.4, 0.5) is 5.69 Å². The summed E-state index contributed by atoms with van der Waals surface area (Å²) in [5, 5.41) is 14.0. The molecule has 0 saturated heterocycles. The number of nitrogens with zero attached hydrogens (tertiary/aromatic N) is 1. The number of non-ortho nitro benzene ring substituents is 1. The van der Waals surface area contributed by atoms with Gasteiger partial charge in [-0.2, -0.15) is 0 Å². The molecule has 0 aliphatic heterocycles. The molecule has 2 rings (SSSR count). The quantitative estimate of drug-likeness (QED) is 0.627. The summed E-state index contributed by atoms with van der Waals surface area (Å²) in [6, 6.07) is 15.2. The summed E-state index contributed by atoms with van der Waals surface area (Å²) in [7, 11) is 0. The Morgan fingerprint density at radius 1 is 1.24 bits per heavy atom. The molecule has 2 aromatic carbocycles. The van der Waals surface area contributed by atoms with E-state index in [1.54, 1.807) is 12.1 Å². The molecular weight excluding hydrogens is 332 g/mol. The van der Waals surface area contributed by atoms with Crippen LogP contribution in [0.15, 0.2) is 53.0 Å². The maximum Gasteiger partial charge on any atom is 0.269 e. The Labute approximate surface area is 132 Å². The van der Waals surface area contributed by atoms with Gasteiger partial charge in [-0.1, -0.05) is 40.2 Å². The van der Waals surface area contributed by atoms with Crippen molar-refractivity contribution in [1.82, 2.24) is 5.32 Å². The van der Waals surface area contributed by atoms with Crippen LogP contribution < -0.4 is 5.32 Å². The second-order valence-electron chi connectivity index (χ2n) is 4.90. The van der Waals surface area contributed by atoms with Crippen molar-refractivity contribution >= 4 is 21.6 Å². The predicted octanol–water partition coefficient (Wildman–Crippen LogP) is 4.25. The molecule has 0 aromatic heterocycles. The Hall–Kier alpha value is -1.72. The minimum atomic E-state index is -0.378. The van der Waals surface area contributed by atoms with Gasteiger partial charge in [0, 0.05) is 22.6 Å². The Morgan fingerprint density at radius 2 is 1.95 bits per heavy atom. The van der Waals surface area contributed by atoms with Crippen LogP contribution in [0.3, 0.4) is 0 Å². The average molecular weight is 349 g/mol. The molecule has 110 valence electrons. The molecule has 0 heterocycles. The number of nitro benzene ring substituents is 1. The van der Waals surface area contributed by atoms with E-state index < -0.39 is 0 Å². The van der Waals surface area contributed by atoms with Crippen molar-refractivity contribution in [2.45, 2.75) is 19.4 Å². The normalized spacial score (nSPS) is 12.1. The van der Waals surface area contributed by atoms with Crippen LogP contribution in [0.2, 0.25) is 0 Å². The second kappa shape index (κ2) is 7.33. The van der Waals surface area contributed by atoms with E-state index in [2.05, 4.69) is 40.3 Å². The zero-order valence-corrected chi connectivity index (χ0v) is 13.3. The highest BCUT2D eigenvalue weighted by molar-refractivity contribution is 9.10. The van der Waals surface area contributed by atoms with Crippen LogP contribution in [0.5, 0.6) is 0 Å². The zero-order chi connectivity index (χ0) is 15.2. The van der Waals surface area contributed by atoms with E-state index in [0.717, 1.165) is 23.0 Å². The predicted molar refractivity (Wildman–Crippen MR) is 87.4 cm³/mol. The van der Waals surface area contributed by atoms with Crippen molar-refractivity contribution in [3.63, 3.8) is 0 Å². The van der Waals surface area contributed by atoms with E-state index >= 15 is 0 Å². The fraction of sp³-hybridized carbons (Fsp3) is 0.250. The van der Waals surface area contributed by atoms with Crippen LogP contribution in [0, 0.1) is 10.1 Å². The first-order valence-electron chi connectivity index (χ1n) is 6.78. The van der Waals surface area contributed by atoms with Crippen LogP contribution >= 0.6 is 15.9 Å². The molecule has 0 bridgehead atoms. The maximum atomic E-state index is 10.6. The van der Waals surface area contributed by atoms with Crippen LogP contribution in [0.25, 0.3) is 0 Å². The third-order valence-electron chi connectivity index (χ3n) is 3.36. The largest absolute Gasteiger partial charge is 0.310 e. The Kier molecular flexibility index (Phi) is 5.47. The summed E-state index contributed by atoms with van der Waals surface area (Å²) in [4.78, 5) is 10.2. The fourth-order valence-corrected chi connectivity index (χ4v) is 2.53. The minimum Gasteiger partial charge on any atom is -0.310 e. The van der Waals surface area contributed by atoms with Gasteiger partial charge in [0.2, 0.25) is 0 Å².